The number of alkyl carbamates (subject to hydrolysis) is 1. The predicted molar refractivity (Wildman–Crippen MR) is 86.9 cm³/mol. The quantitative estimate of drug-likeness (QED) is 0.902. The summed E-state index contributed by atoms with van der Waals surface area (Å²) in [6.07, 6.45) is 0.266. The van der Waals surface area contributed by atoms with Gasteiger partial charge in [-0.2, -0.15) is 0 Å². The number of rotatable bonds is 3. The van der Waals surface area contributed by atoms with Crippen LogP contribution in [0.15, 0.2) is 36.4 Å². The van der Waals surface area contributed by atoms with E-state index in [-0.39, 0.29) is 0 Å². The Morgan fingerprint density at radius 1 is 1.19 bits per heavy atom. The maximum atomic E-state index is 11.6. The smallest absolute Gasteiger partial charge is 0.407 e. The number of carbonyl (C=O) groups excluding carboxylic acids is 1. The highest BCUT2D eigenvalue weighted by Crippen LogP contribution is 2.27. The minimum Gasteiger partial charge on any atom is -0.444 e. The summed E-state index contributed by atoms with van der Waals surface area (Å²) in [6.45, 7) is 6.01. The molecule has 1 N–H and O–H groups in total. The number of hydrogen-bond acceptors (Lipinski definition) is 2. The Balaban J connectivity index is 1.98. The van der Waals surface area contributed by atoms with E-state index in [0.29, 0.717) is 13.0 Å². The van der Waals surface area contributed by atoms with Crippen molar-refractivity contribution in [2.24, 2.45) is 0 Å². The van der Waals surface area contributed by atoms with Crippen LogP contribution in [0.2, 0.25) is 5.02 Å². The summed E-state index contributed by atoms with van der Waals surface area (Å²) in [7, 11) is 0. The van der Waals surface area contributed by atoms with Crippen molar-refractivity contribution in [1.82, 2.24) is 5.32 Å². The zero-order valence-corrected chi connectivity index (χ0v) is 13.3. The molecule has 4 heteroatoms. The molecule has 0 aromatic heterocycles. The van der Waals surface area contributed by atoms with Crippen molar-refractivity contribution in [2.45, 2.75) is 32.8 Å². The van der Waals surface area contributed by atoms with Crippen molar-refractivity contribution < 1.29 is 9.53 Å². The third-order valence-electron chi connectivity index (χ3n) is 3.01. The van der Waals surface area contributed by atoms with Gasteiger partial charge < -0.3 is 10.1 Å². The molecular formula is C17H20ClNO2. The number of carbonyl (C=O) groups is 1. The Hall–Kier alpha value is -1.74. The fraction of sp³-hybridized carbons (Fsp3) is 0.353. The van der Waals surface area contributed by atoms with E-state index < -0.39 is 11.7 Å². The molecule has 0 saturated carbocycles. The van der Waals surface area contributed by atoms with Gasteiger partial charge in [0.2, 0.25) is 0 Å². The predicted octanol–water partition coefficient (Wildman–Crippen LogP) is 4.56. The molecule has 0 fully saturated rings. The summed E-state index contributed by atoms with van der Waals surface area (Å²) >= 11 is 6.42. The molecule has 0 radical (unpaired) electrons. The van der Waals surface area contributed by atoms with Crippen LogP contribution in [0.1, 0.15) is 26.3 Å². The van der Waals surface area contributed by atoms with E-state index in [0.717, 1.165) is 21.4 Å². The number of hydrogen-bond donors (Lipinski definition) is 1. The molecule has 2 aromatic carbocycles. The maximum Gasteiger partial charge on any atom is 0.407 e. The number of fused-ring (bicyclic) bond motifs is 1. The Labute approximate surface area is 130 Å². The minimum atomic E-state index is -0.481. The van der Waals surface area contributed by atoms with E-state index in [1.54, 1.807) is 0 Å². The Morgan fingerprint density at radius 3 is 2.62 bits per heavy atom. The van der Waals surface area contributed by atoms with Crippen LogP contribution in [-0.4, -0.2) is 18.2 Å². The van der Waals surface area contributed by atoms with Gasteiger partial charge in [-0.3, -0.25) is 0 Å². The van der Waals surface area contributed by atoms with Crippen molar-refractivity contribution in [3.05, 3.63) is 47.0 Å². The summed E-state index contributed by atoms with van der Waals surface area (Å²) in [6, 6.07) is 12.0. The fourth-order valence-corrected chi connectivity index (χ4v) is 2.41. The highest BCUT2D eigenvalue weighted by molar-refractivity contribution is 6.36. The van der Waals surface area contributed by atoms with Gasteiger partial charge in [-0.25, -0.2) is 4.79 Å². The minimum absolute atomic E-state index is 0.403. The maximum absolute atomic E-state index is 11.6. The molecule has 112 valence electrons. The van der Waals surface area contributed by atoms with Crippen LogP contribution >= 0.6 is 11.6 Å². The Bertz CT molecular complexity index is 647. The van der Waals surface area contributed by atoms with Crippen molar-refractivity contribution in [3.8, 4) is 0 Å². The first-order chi connectivity index (χ1) is 9.87. The zero-order valence-electron chi connectivity index (χ0n) is 12.6. The molecule has 0 aliphatic heterocycles. The van der Waals surface area contributed by atoms with E-state index in [1.807, 2.05) is 57.2 Å². The second kappa shape index (κ2) is 6.35. The van der Waals surface area contributed by atoms with E-state index in [4.69, 9.17) is 16.3 Å². The van der Waals surface area contributed by atoms with E-state index >= 15 is 0 Å². The lowest BCUT2D eigenvalue weighted by molar-refractivity contribution is 0.0528. The third kappa shape index (κ3) is 4.36. The second-order valence-corrected chi connectivity index (χ2v) is 6.32. The molecule has 1 amide bonds. The van der Waals surface area contributed by atoms with E-state index in [2.05, 4.69) is 5.32 Å². The monoisotopic (exact) mass is 305 g/mol. The third-order valence-corrected chi connectivity index (χ3v) is 3.45. The lowest BCUT2D eigenvalue weighted by atomic mass is 10.0. The van der Waals surface area contributed by atoms with Crippen LogP contribution in [0.5, 0.6) is 0 Å². The van der Waals surface area contributed by atoms with Gasteiger partial charge in [-0.1, -0.05) is 48.0 Å². The van der Waals surface area contributed by atoms with E-state index in [1.165, 1.54) is 0 Å². The van der Waals surface area contributed by atoms with Gasteiger partial charge in [0.05, 0.1) is 5.02 Å². The molecule has 2 rings (SSSR count). The van der Waals surface area contributed by atoms with Gasteiger partial charge in [0, 0.05) is 11.9 Å². The molecule has 2 aromatic rings. The number of amides is 1. The average molecular weight is 306 g/mol. The summed E-state index contributed by atoms with van der Waals surface area (Å²) in [5.74, 6) is 0. The van der Waals surface area contributed by atoms with Gasteiger partial charge >= 0.3 is 6.09 Å². The molecule has 0 saturated heterocycles. The first-order valence-electron chi connectivity index (χ1n) is 7.00. The van der Waals surface area contributed by atoms with E-state index in [9.17, 15) is 4.79 Å². The van der Waals surface area contributed by atoms with Gasteiger partial charge in [0.15, 0.2) is 0 Å². The molecule has 0 spiro atoms. The lowest BCUT2D eigenvalue weighted by Gasteiger charge is -2.19. The zero-order chi connectivity index (χ0) is 15.5. The summed E-state index contributed by atoms with van der Waals surface area (Å²) in [5, 5.41) is 5.65. The number of benzene rings is 2. The molecular weight excluding hydrogens is 286 g/mol. The van der Waals surface area contributed by atoms with Crippen LogP contribution in [0.4, 0.5) is 4.79 Å². The summed E-state index contributed by atoms with van der Waals surface area (Å²) in [4.78, 5) is 11.6. The van der Waals surface area contributed by atoms with Crippen LogP contribution in [0.3, 0.4) is 0 Å². The van der Waals surface area contributed by atoms with Gasteiger partial charge in [0.25, 0.3) is 0 Å². The largest absolute Gasteiger partial charge is 0.444 e. The first kappa shape index (κ1) is 15.6. The van der Waals surface area contributed by atoms with Crippen molar-refractivity contribution >= 4 is 28.5 Å². The molecule has 0 atom stereocenters. The number of nitrogens with one attached hydrogen (secondary N) is 1. The summed E-state index contributed by atoms with van der Waals surface area (Å²) in [5.41, 5.74) is 0.538. The normalized spacial score (nSPS) is 11.4. The second-order valence-electron chi connectivity index (χ2n) is 5.94. The highest BCUT2D eigenvalue weighted by atomic mass is 35.5. The Morgan fingerprint density at radius 2 is 1.90 bits per heavy atom. The topological polar surface area (TPSA) is 38.3 Å². The Kier molecular flexibility index (Phi) is 4.73. The molecule has 0 heterocycles. The lowest BCUT2D eigenvalue weighted by Crippen LogP contribution is -2.33. The fourth-order valence-electron chi connectivity index (χ4n) is 2.09. The number of halogens is 1. The van der Waals surface area contributed by atoms with Gasteiger partial charge in [0.1, 0.15) is 5.60 Å². The van der Waals surface area contributed by atoms with Crippen LogP contribution in [0, 0.1) is 0 Å². The summed E-state index contributed by atoms with van der Waals surface area (Å²) < 4.78 is 5.19. The van der Waals surface area contributed by atoms with Crippen LogP contribution in [0.25, 0.3) is 10.8 Å². The molecule has 21 heavy (non-hydrogen) atoms. The van der Waals surface area contributed by atoms with Crippen LogP contribution in [-0.2, 0) is 11.2 Å². The molecule has 0 unspecified atom stereocenters. The van der Waals surface area contributed by atoms with Crippen molar-refractivity contribution in [2.75, 3.05) is 6.54 Å². The SMILES string of the molecule is CC(C)(C)OC(=O)NCCc1ccc2ccccc2c1Cl. The first-order valence-corrected chi connectivity index (χ1v) is 7.37. The standard InChI is InChI=1S/C17H20ClNO2/c1-17(2,3)21-16(20)19-11-10-13-9-8-12-6-4-5-7-14(12)15(13)18/h4-9H,10-11H2,1-3H3,(H,19,20). The highest BCUT2D eigenvalue weighted by Gasteiger charge is 2.15. The van der Waals surface area contributed by atoms with Crippen LogP contribution < -0.4 is 5.32 Å². The van der Waals surface area contributed by atoms with Crippen molar-refractivity contribution in [3.63, 3.8) is 0 Å². The molecule has 0 bridgehead atoms. The van der Waals surface area contributed by atoms with Gasteiger partial charge in [-0.15, -0.1) is 0 Å². The molecule has 0 aliphatic rings. The number of ether oxygens (including phenoxy) is 1. The molecule has 3 nitrogen and oxygen atoms in total. The van der Waals surface area contributed by atoms with Gasteiger partial charge in [-0.05, 0) is 38.1 Å². The average Bonchev–Trinajstić information content (AvgIpc) is 2.40. The molecule has 0 aliphatic carbocycles. The van der Waals surface area contributed by atoms with Crippen molar-refractivity contribution in [1.29, 1.82) is 0 Å².